The summed E-state index contributed by atoms with van der Waals surface area (Å²) in [5.74, 6) is -1.97. The lowest BCUT2D eigenvalue weighted by Crippen LogP contribution is -2.64. The summed E-state index contributed by atoms with van der Waals surface area (Å²) in [4.78, 5) is 39.6. The third kappa shape index (κ3) is 2.62. The van der Waals surface area contributed by atoms with Crippen LogP contribution < -0.4 is 0 Å². The van der Waals surface area contributed by atoms with E-state index < -0.39 is 40.1 Å². The second-order valence-corrected chi connectivity index (χ2v) is 12.6. The highest BCUT2D eigenvalue weighted by atomic mass is 32.1. The van der Waals surface area contributed by atoms with Crippen LogP contribution in [0.1, 0.15) is 55.3 Å². The zero-order valence-electron chi connectivity index (χ0n) is 21.1. The van der Waals surface area contributed by atoms with Gasteiger partial charge in [0, 0.05) is 16.7 Å². The van der Waals surface area contributed by atoms with E-state index in [-0.39, 0.29) is 36.1 Å². The lowest BCUT2D eigenvalue weighted by molar-refractivity contribution is -0.188. The van der Waals surface area contributed by atoms with Crippen LogP contribution in [0, 0.1) is 35.5 Å². The average molecular weight is 515 g/mol. The predicted molar refractivity (Wildman–Crippen MR) is 130 cm³/mol. The van der Waals surface area contributed by atoms with Gasteiger partial charge in [0.2, 0.25) is 5.60 Å². The molecular formula is C28H31FO6S. The molecule has 4 aliphatic carbocycles. The molecule has 1 aromatic rings. The van der Waals surface area contributed by atoms with Gasteiger partial charge in [-0.2, -0.15) is 0 Å². The number of methoxy groups -OCH3 is 1. The molecule has 2 heterocycles. The van der Waals surface area contributed by atoms with Crippen LogP contribution in [0.4, 0.5) is 4.39 Å². The van der Waals surface area contributed by atoms with Gasteiger partial charge in [-0.05, 0) is 79.7 Å². The number of carbonyl (C=O) groups excluding carboxylic acids is 3. The highest BCUT2D eigenvalue weighted by Crippen LogP contribution is 2.77. The van der Waals surface area contributed by atoms with Gasteiger partial charge in [0.05, 0.1) is 13.2 Å². The summed E-state index contributed by atoms with van der Waals surface area (Å²) in [5, 5.41) is 1.82. The molecule has 9 atom stereocenters. The molecule has 5 aliphatic rings. The fraction of sp³-hybridized carbons (Fsp3) is 0.607. The molecule has 1 spiro atoms. The molecule has 6 nitrogen and oxygen atoms in total. The molecule has 1 aliphatic heterocycles. The fourth-order valence-electron chi connectivity index (χ4n) is 8.58. The molecule has 0 N–H and O–H groups in total. The van der Waals surface area contributed by atoms with Gasteiger partial charge in [-0.3, -0.25) is 4.79 Å². The van der Waals surface area contributed by atoms with Crippen LogP contribution >= 0.6 is 11.3 Å². The second-order valence-electron chi connectivity index (χ2n) is 11.7. The van der Waals surface area contributed by atoms with E-state index in [2.05, 4.69) is 0 Å². The molecule has 1 saturated heterocycles. The van der Waals surface area contributed by atoms with Crippen molar-refractivity contribution in [3.8, 4) is 0 Å². The molecule has 0 amide bonds. The Bertz CT molecular complexity index is 1250. The average Bonchev–Trinajstić information content (AvgIpc) is 3.32. The van der Waals surface area contributed by atoms with Gasteiger partial charge < -0.3 is 14.2 Å². The summed E-state index contributed by atoms with van der Waals surface area (Å²) < 4.78 is 33.8. The van der Waals surface area contributed by atoms with Crippen LogP contribution in [0.25, 0.3) is 0 Å². The minimum Gasteiger partial charge on any atom is -0.466 e. The van der Waals surface area contributed by atoms with Crippen molar-refractivity contribution in [1.82, 2.24) is 0 Å². The van der Waals surface area contributed by atoms with Crippen molar-refractivity contribution in [3.05, 3.63) is 45.7 Å². The third-order valence-corrected chi connectivity index (χ3v) is 11.2. The fourth-order valence-corrected chi connectivity index (χ4v) is 9.38. The van der Waals surface area contributed by atoms with E-state index in [1.807, 2.05) is 45.2 Å². The van der Waals surface area contributed by atoms with Crippen LogP contribution in [0.2, 0.25) is 0 Å². The Hall–Kier alpha value is -2.32. The normalized spacial score (nSPS) is 46.1. The maximum absolute atomic E-state index is 15.7. The van der Waals surface area contributed by atoms with Crippen LogP contribution in [0.5, 0.6) is 0 Å². The van der Waals surface area contributed by atoms with E-state index in [1.165, 1.54) is 30.6 Å². The standard InChI is InChI=1S/C28H31FO6S/c1-14-7-9-36-22(14)23(31)35-27(24(32)33-5)15(2)10-17-18-12-20(29)19-11-16(30)6-8-25(19,3)28(18)21(34-28)13-26(17,27)4/h6-9,11,15,17-18,20-21H,10,12-13H2,1-5H3/t15-,17?,18?,20+,21+,25+,26+,27+,28-/m1/s1. The number of allylic oxidation sites excluding steroid dienone is 2. The zero-order chi connectivity index (χ0) is 25.8. The summed E-state index contributed by atoms with van der Waals surface area (Å²) in [6.07, 6.45) is 4.50. The first kappa shape index (κ1) is 24.0. The first-order valence-electron chi connectivity index (χ1n) is 12.6. The first-order valence-corrected chi connectivity index (χ1v) is 13.5. The minimum atomic E-state index is -1.51. The van der Waals surface area contributed by atoms with Gasteiger partial charge in [-0.1, -0.05) is 19.9 Å². The number of ketones is 1. The van der Waals surface area contributed by atoms with Crippen molar-refractivity contribution in [2.75, 3.05) is 7.11 Å². The topological polar surface area (TPSA) is 82.2 Å². The summed E-state index contributed by atoms with van der Waals surface area (Å²) in [5.41, 5.74) is -2.41. The smallest absolute Gasteiger partial charge is 0.351 e. The molecule has 6 rings (SSSR count). The maximum Gasteiger partial charge on any atom is 0.351 e. The first-order chi connectivity index (χ1) is 17.0. The Kier molecular flexibility index (Phi) is 4.93. The van der Waals surface area contributed by atoms with Crippen molar-refractivity contribution in [1.29, 1.82) is 0 Å². The number of hydrogen-bond donors (Lipinski definition) is 0. The number of alkyl halides is 1. The molecule has 8 heteroatoms. The molecule has 4 fully saturated rings. The second kappa shape index (κ2) is 7.38. The van der Waals surface area contributed by atoms with Crippen molar-refractivity contribution in [2.45, 2.75) is 70.4 Å². The molecule has 192 valence electrons. The van der Waals surface area contributed by atoms with Gasteiger partial charge in [0.1, 0.15) is 16.6 Å². The summed E-state index contributed by atoms with van der Waals surface area (Å²) in [6.45, 7) is 7.72. The number of halogens is 1. The number of rotatable bonds is 3. The van der Waals surface area contributed by atoms with Crippen LogP contribution in [0.15, 0.2) is 35.2 Å². The highest BCUT2D eigenvalue weighted by molar-refractivity contribution is 7.12. The molecule has 36 heavy (non-hydrogen) atoms. The Morgan fingerprint density at radius 2 is 1.97 bits per heavy atom. The molecule has 0 aromatic carbocycles. The Labute approximate surface area is 213 Å². The van der Waals surface area contributed by atoms with Crippen LogP contribution in [-0.4, -0.2) is 48.3 Å². The quantitative estimate of drug-likeness (QED) is 0.427. The summed E-state index contributed by atoms with van der Waals surface area (Å²) >= 11 is 1.28. The van der Waals surface area contributed by atoms with Crippen LogP contribution in [-0.2, 0) is 23.8 Å². The van der Waals surface area contributed by atoms with E-state index in [9.17, 15) is 14.4 Å². The third-order valence-electron chi connectivity index (χ3n) is 10.3. The molecule has 2 unspecified atom stereocenters. The van der Waals surface area contributed by atoms with E-state index in [4.69, 9.17) is 14.2 Å². The highest BCUT2D eigenvalue weighted by Gasteiger charge is 2.84. The number of ether oxygens (including phenoxy) is 3. The Morgan fingerprint density at radius 3 is 2.64 bits per heavy atom. The lowest BCUT2D eigenvalue weighted by atomic mass is 9.46. The Morgan fingerprint density at radius 1 is 1.22 bits per heavy atom. The molecule has 3 saturated carbocycles. The largest absolute Gasteiger partial charge is 0.466 e. The zero-order valence-corrected chi connectivity index (χ0v) is 21.9. The van der Waals surface area contributed by atoms with E-state index in [1.54, 1.807) is 0 Å². The van der Waals surface area contributed by atoms with Gasteiger partial charge in [-0.25, -0.2) is 14.0 Å². The van der Waals surface area contributed by atoms with Crippen molar-refractivity contribution < 1.29 is 33.0 Å². The number of thiophene rings is 1. The molecule has 0 radical (unpaired) electrons. The van der Waals surface area contributed by atoms with Gasteiger partial charge in [0.15, 0.2) is 5.78 Å². The van der Waals surface area contributed by atoms with Gasteiger partial charge >= 0.3 is 11.9 Å². The number of fused-ring (bicyclic) bond motifs is 3. The maximum atomic E-state index is 15.7. The lowest BCUT2D eigenvalue weighted by Gasteiger charge is -2.56. The predicted octanol–water partition coefficient (Wildman–Crippen LogP) is 4.76. The van der Waals surface area contributed by atoms with Gasteiger partial charge in [0.25, 0.3) is 0 Å². The minimum absolute atomic E-state index is 0.134. The van der Waals surface area contributed by atoms with E-state index in [0.717, 1.165) is 5.56 Å². The SMILES string of the molecule is COC(=O)[C@@]1(OC(=O)c2sccc2C)[C@H](C)CC2C3C[C@H](F)C4=CC(=O)C=C[C@]4(C)[C@@]34O[C@H]4C[C@@]21C. The molecule has 1 aromatic heterocycles. The number of hydrogen-bond acceptors (Lipinski definition) is 7. The number of esters is 2. The summed E-state index contributed by atoms with van der Waals surface area (Å²) in [6, 6.07) is 1.85. The molecule has 0 bridgehead atoms. The number of aryl methyl sites for hydroxylation is 1. The van der Waals surface area contributed by atoms with E-state index >= 15 is 4.39 Å². The van der Waals surface area contributed by atoms with Gasteiger partial charge in [-0.15, -0.1) is 11.3 Å². The monoisotopic (exact) mass is 514 g/mol. The van der Waals surface area contributed by atoms with Crippen LogP contribution in [0.3, 0.4) is 0 Å². The number of epoxide rings is 1. The van der Waals surface area contributed by atoms with Crippen molar-refractivity contribution >= 4 is 29.1 Å². The van der Waals surface area contributed by atoms with E-state index in [0.29, 0.717) is 23.3 Å². The van der Waals surface area contributed by atoms with Crippen molar-refractivity contribution in [3.63, 3.8) is 0 Å². The number of carbonyl (C=O) groups is 3. The Balaban J connectivity index is 1.45. The van der Waals surface area contributed by atoms with Crippen molar-refractivity contribution in [2.24, 2.45) is 28.6 Å². The summed E-state index contributed by atoms with van der Waals surface area (Å²) in [7, 11) is 1.32. The molecular weight excluding hydrogens is 483 g/mol.